The number of anilines is 1. The maximum Gasteiger partial charge on any atom is 0.231 e. The molecule has 0 unspecified atom stereocenters. The highest BCUT2D eigenvalue weighted by Crippen LogP contribution is 2.33. The number of benzene rings is 2. The van der Waals surface area contributed by atoms with Crippen LogP contribution in [0.3, 0.4) is 0 Å². The van der Waals surface area contributed by atoms with E-state index in [1.807, 2.05) is 25.1 Å². The molecular formula is C20H22N2O3. The highest BCUT2D eigenvalue weighted by atomic mass is 16.3. The van der Waals surface area contributed by atoms with Crippen molar-refractivity contribution in [2.75, 3.05) is 5.32 Å². The van der Waals surface area contributed by atoms with Gasteiger partial charge in [-0.1, -0.05) is 26.8 Å². The van der Waals surface area contributed by atoms with E-state index < -0.39 is 0 Å². The molecule has 0 aliphatic carbocycles. The smallest absolute Gasteiger partial charge is 0.231 e. The van der Waals surface area contributed by atoms with Crippen molar-refractivity contribution in [3.05, 3.63) is 42.0 Å². The molecule has 130 valence electrons. The number of carbonyl (C=O) groups excluding carboxylic acids is 1. The second kappa shape index (κ2) is 6.97. The van der Waals surface area contributed by atoms with Crippen LogP contribution < -0.4 is 5.32 Å². The van der Waals surface area contributed by atoms with Gasteiger partial charge in [-0.25, -0.2) is 4.98 Å². The second-order valence-electron chi connectivity index (χ2n) is 6.43. The lowest BCUT2D eigenvalue weighted by atomic mass is 10.0. The third kappa shape index (κ3) is 3.65. The molecule has 5 heteroatoms. The molecule has 0 spiro atoms. The zero-order valence-electron chi connectivity index (χ0n) is 14.7. The van der Waals surface area contributed by atoms with Crippen LogP contribution in [0.5, 0.6) is 5.75 Å². The molecule has 0 aliphatic rings. The Hall–Kier alpha value is -2.82. The predicted molar refractivity (Wildman–Crippen MR) is 98.7 cm³/mol. The van der Waals surface area contributed by atoms with Crippen molar-refractivity contribution in [1.29, 1.82) is 0 Å². The Morgan fingerprint density at radius 1 is 1.24 bits per heavy atom. The molecule has 2 aromatic carbocycles. The van der Waals surface area contributed by atoms with Crippen molar-refractivity contribution in [2.45, 2.75) is 39.5 Å². The van der Waals surface area contributed by atoms with E-state index in [2.05, 4.69) is 24.1 Å². The molecule has 0 bridgehead atoms. The first-order chi connectivity index (χ1) is 12.0. The molecule has 2 N–H and O–H groups in total. The monoisotopic (exact) mass is 338 g/mol. The fraction of sp³-hybridized carbons (Fsp3) is 0.300. The molecule has 0 saturated carbocycles. The summed E-state index contributed by atoms with van der Waals surface area (Å²) in [6.45, 7) is 6.19. The predicted octanol–water partition coefficient (Wildman–Crippen LogP) is 5.06. The minimum atomic E-state index is -0.0715. The molecule has 1 heterocycles. The van der Waals surface area contributed by atoms with Crippen molar-refractivity contribution in [3.63, 3.8) is 0 Å². The molecule has 0 fully saturated rings. The van der Waals surface area contributed by atoms with Crippen LogP contribution in [0, 0.1) is 0 Å². The van der Waals surface area contributed by atoms with Crippen LogP contribution in [0.4, 0.5) is 5.69 Å². The highest BCUT2D eigenvalue weighted by Gasteiger charge is 2.14. The Morgan fingerprint density at radius 3 is 2.72 bits per heavy atom. The lowest BCUT2D eigenvalue weighted by molar-refractivity contribution is -0.116. The van der Waals surface area contributed by atoms with Gasteiger partial charge in [-0.15, -0.1) is 0 Å². The average Bonchev–Trinajstić information content (AvgIpc) is 2.97. The number of phenols is 1. The van der Waals surface area contributed by atoms with Crippen LogP contribution in [0.1, 0.15) is 45.1 Å². The fourth-order valence-corrected chi connectivity index (χ4v) is 2.66. The van der Waals surface area contributed by atoms with E-state index >= 15 is 0 Å². The number of nitrogens with zero attached hydrogens (tertiary/aromatic N) is 1. The SMILES string of the molecule is CCCC(=O)Nc1ccc(-c2nc3cc(C(C)C)ccc3o2)c(O)c1. The number of amides is 1. The van der Waals surface area contributed by atoms with Crippen molar-refractivity contribution < 1.29 is 14.3 Å². The molecule has 3 rings (SSSR count). The summed E-state index contributed by atoms with van der Waals surface area (Å²) < 4.78 is 5.77. The van der Waals surface area contributed by atoms with Crippen LogP contribution in [0.2, 0.25) is 0 Å². The zero-order chi connectivity index (χ0) is 18.0. The summed E-state index contributed by atoms with van der Waals surface area (Å²) in [7, 11) is 0. The Bertz CT molecular complexity index is 912. The summed E-state index contributed by atoms with van der Waals surface area (Å²) in [6.07, 6.45) is 1.23. The number of oxazole rings is 1. The highest BCUT2D eigenvalue weighted by molar-refractivity contribution is 5.91. The lowest BCUT2D eigenvalue weighted by Gasteiger charge is -2.06. The van der Waals surface area contributed by atoms with Gasteiger partial charge in [0.15, 0.2) is 5.58 Å². The van der Waals surface area contributed by atoms with E-state index in [4.69, 9.17) is 4.42 Å². The van der Waals surface area contributed by atoms with Crippen LogP contribution in [0.25, 0.3) is 22.6 Å². The number of nitrogens with one attached hydrogen (secondary N) is 1. The molecule has 0 saturated heterocycles. The number of carbonyl (C=O) groups is 1. The molecule has 1 aromatic heterocycles. The number of phenolic OH excluding ortho intramolecular Hbond substituents is 1. The van der Waals surface area contributed by atoms with Gasteiger partial charge >= 0.3 is 0 Å². The largest absolute Gasteiger partial charge is 0.507 e. The van der Waals surface area contributed by atoms with Crippen LogP contribution in [-0.2, 0) is 4.79 Å². The molecule has 1 amide bonds. The minimum Gasteiger partial charge on any atom is -0.507 e. The summed E-state index contributed by atoms with van der Waals surface area (Å²) in [5, 5.41) is 13.1. The second-order valence-corrected chi connectivity index (χ2v) is 6.43. The number of aromatic nitrogens is 1. The molecular weight excluding hydrogens is 316 g/mol. The van der Waals surface area contributed by atoms with E-state index in [1.165, 1.54) is 11.6 Å². The Labute approximate surface area is 146 Å². The van der Waals surface area contributed by atoms with E-state index in [9.17, 15) is 9.90 Å². The van der Waals surface area contributed by atoms with Gasteiger partial charge in [0, 0.05) is 18.2 Å². The summed E-state index contributed by atoms with van der Waals surface area (Å²) in [6, 6.07) is 10.9. The number of rotatable bonds is 5. The molecule has 0 radical (unpaired) electrons. The molecule has 5 nitrogen and oxygen atoms in total. The standard InChI is InChI=1S/C20H22N2O3/c1-4-5-19(24)21-14-7-8-15(17(23)11-14)20-22-16-10-13(12(2)3)6-9-18(16)25-20/h6-12,23H,4-5H2,1-3H3,(H,21,24). The molecule has 3 aromatic rings. The molecule has 0 aliphatic heterocycles. The first-order valence-corrected chi connectivity index (χ1v) is 8.51. The van der Waals surface area contributed by atoms with Gasteiger partial charge in [-0.2, -0.15) is 0 Å². The summed E-state index contributed by atoms with van der Waals surface area (Å²) in [5.74, 6) is 0.714. The Morgan fingerprint density at radius 2 is 2.04 bits per heavy atom. The van der Waals surface area contributed by atoms with Gasteiger partial charge in [0.2, 0.25) is 11.8 Å². The maximum absolute atomic E-state index is 11.7. The van der Waals surface area contributed by atoms with Gasteiger partial charge in [-0.3, -0.25) is 4.79 Å². The quantitative estimate of drug-likeness (QED) is 0.681. The van der Waals surface area contributed by atoms with Crippen LogP contribution >= 0.6 is 0 Å². The normalized spacial score (nSPS) is 11.2. The Balaban J connectivity index is 1.91. The van der Waals surface area contributed by atoms with Crippen molar-refractivity contribution in [1.82, 2.24) is 4.98 Å². The van der Waals surface area contributed by atoms with E-state index in [0.29, 0.717) is 35.1 Å². The third-order valence-corrected chi connectivity index (χ3v) is 4.07. The van der Waals surface area contributed by atoms with Crippen LogP contribution in [0.15, 0.2) is 40.8 Å². The topological polar surface area (TPSA) is 75.4 Å². The summed E-state index contributed by atoms with van der Waals surface area (Å²) in [4.78, 5) is 16.2. The Kier molecular flexibility index (Phi) is 4.74. The maximum atomic E-state index is 11.7. The average molecular weight is 338 g/mol. The fourth-order valence-electron chi connectivity index (χ4n) is 2.66. The molecule has 0 atom stereocenters. The van der Waals surface area contributed by atoms with E-state index in [-0.39, 0.29) is 11.7 Å². The minimum absolute atomic E-state index is 0.0185. The van der Waals surface area contributed by atoms with E-state index in [0.717, 1.165) is 11.9 Å². The van der Waals surface area contributed by atoms with Crippen molar-refractivity contribution >= 4 is 22.7 Å². The number of aromatic hydroxyl groups is 1. The third-order valence-electron chi connectivity index (χ3n) is 4.07. The van der Waals surface area contributed by atoms with Crippen molar-refractivity contribution in [2.24, 2.45) is 0 Å². The van der Waals surface area contributed by atoms with E-state index in [1.54, 1.807) is 12.1 Å². The summed E-state index contributed by atoms with van der Waals surface area (Å²) >= 11 is 0. The molecule has 25 heavy (non-hydrogen) atoms. The number of hydrogen-bond acceptors (Lipinski definition) is 4. The van der Waals surface area contributed by atoms with Gasteiger partial charge in [-0.05, 0) is 42.2 Å². The van der Waals surface area contributed by atoms with Gasteiger partial charge in [0.25, 0.3) is 0 Å². The van der Waals surface area contributed by atoms with Crippen LogP contribution in [-0.4, -0.2) is 16.0 Å². The first-order valence-electron chi connectivity index (χ1n) is 8.51. The van der Waals surface area contributed by atoms with Gasteiger partial charge in [0.05, 0.1) is 5.56 Å². The van der Waals surface area contributed by atoms with Gasteiger partial charge in [0.1, 0.15) is 11.3 Å². The number of fused-ring (bicyclic) bond motifs is 1. The zero-order valence-corrected chi connectivity index (χ0v) is 14.7. The van der Waals surface area contributed by atoms with Gasteiger partial charge < -0.3 is 14.8 Å². The first kappa shape index (κ1) is 17.0. The summed E-state index contributed by atoms with van der Waals surface area (Å²) in [5.41, 5.74) is 3.68. The van der Waals surface area contributed by atoms with Crippen molar-refractivity contribution in [3.8, 4) is 17.2 Å². The lowest BCUT2D eigenvalue weighted by Crippen LogP contribution is -2.10. The number of hydrogen-bond donors (Lipinski definition) is 2.